The lowest BCUT2D eigenvalue weighted by Gasteiger charge is -2.34. The molecule has 2 amide bonds. The Morgan fingerprint density at radius 2 is 2.19 bits per heavy atom. The zero-order valence-electron chi connectivity index (χ0n) is 17.7. The van der Waals surface area contributed by atoms with Gasteiger partial charge in [-0.1, -0.05) is 25.7 Å². The molecule has 1 aliphatic heterocycles. The van der Waals surface area contributed by atoms with Gasteiger partial charge in [-0.25, -0.2) is 4.98 Å². The van der Waals surface area contributed by atoms with Crippen LogP contribution in [0.15, 0.2) is 18.3 Å². The number of carbonyl (C=O) groups is 2. The minimum absolute atomic E-state index is 0.233. The highest BCUT2D eigenvalue weighted by Crippen LogP contribution is 2.35. The Morgan fingerprint density at radius 3 is 2.90 bits per heavy atom. The van der Waals surface area contributed by atoms with Gasteiger partial charge in [0.1, 0.15) is 5.82 Å². The fraction of sp³-hybridized carbons (Fsp3) is 0.455. The molecule has 1 fully saturated rings. The van der Waals surface area contributed by atoms with Crippen molar-refractivity contribution in [2.75, 3.05) is 18.9 Å². The summed E-state index contributed by atoms with van der Waals surface area (Å²) in [4.78, 5) is 30.4. The van der Waals surface area contributed by atoms with Gasteiger partial charge < -0.3 is 20.4 Å². The average Bonchev–Trinajstić information content (AvgIpc) is 3.23. The monoisotopic (exact) mass is 423 g/mol. The zero-order valence-corrected chi connectivity index (χ0v) is 17.7. The van der Waals surface area contributed by atoms with E-state index in [9.17, 15) is 19.8 Å². The van der Waals surface area contributed by atoms with Crippen LogP contribution in [0, 0.1) is 17.3 Å². The summed E-state index contributed by atoms with van der Waals surface area (Å²) in [6.07, 6.45) is 2.12. The molecule has 0 saturated carbocycles. The third-order valence-corrected chi connectivity index (χ3v) is 6.02. The number of anilines is 1. The number of aromatic nitrogens is 3. The topological polar surface area (TPSA) is 131 Å². The molecule has 162 valence electrons. The fourth-order valence-corrected chi connectivity index (χ4v) is 3.90. The van der Waals surface area contributed by atoms with E-state index in [2.05, 4.69) is 32.3 Å². The van der Waals surface area contributed by atoms with Crippen molar-refractivity contribution in [3.63, 3.8) is 0 Å². The van der Waals surface area contributed by atoms with Gasteiger partial charge in [0.2, 0.25) is 5.60 Å². The van der Waals surface area contributed by atoms with Gasteiger partial charge in [0.05, 0.1) is 6.10 Å². The van der Waals surface area contributed by atoms with Crippen molar-refractivity contribution in [2.24, 2.45) is 5.41 Å². The molecule has 2 aliphatic rings. The molecule has 1 saturated heterocycles. The van der Waals surface area contributed by atoms with E-state index in [4.69, 9.17) is 0 Å². The van der Waals surface area contributed by atoms with E-state index in [0.717, 1.165) is 5.69 Å². The maximum absolute atomic E-state index is 12.8. The number of hydrogen-bond donors (Lipinski definition) is 4. The number of nitrogens with one attached hydrogen (secondary N) is 2. The van der Waals surface area contributed by atoms with Crippen molar-refractivity contribution in [3.8, 4) is 11.8 Å². The number of likely N-dealkylation sites (N-methyl/N-ethyl adjacent to an activating group) is 1. The normalized spacial score (nSPS) is 24.4. The highest BCUT2D eigenvalue weighted by molar-refractivity contribution is 6.03. The smallest absolute Gasteiger partial charge is 0.277 e. The molecule has 9 heteroatoms. The van der Waals surface area contributed by atoms with Crippen molar-refractivity contribution in [1.29, 1.82) is 0 Å². The number of H-pyrrole nitrogens is 1. The first-order valence-electron chi connectivity index (χ1n) is 10.1. The molecule has 4 N–H and O–H groups in total. The second kappa shape index (κ2) is 7.48. The number of amides is 2. The third-order valence-electron chi connectivity index (χ3n) is 6.02. The van der Waals surface area contributed by atoms with Crippen LogP contribution in [-0.4, -0.2) is 67.4 Å². The molecule has 0 bridgehead atoms. The average molecular weight is 423 g/mol. The Balaban J connectivity index is 1.51. The Labute approximate surface area is 179 Å². The van der Waals surface area contributed by atoms with Crippen LogP contribution >= 0.6 is 0 Å². The lowest BCUT2D eigenvalue weighted by molar-refractivity contribution is -0.137. The number of aromatic amines is 1. The third kappa shape index (κ3) is 3.92. The molecule has 2 aromatic heterocycles. The van der Waals surface area contributed by atoms with Crippen LogP contribution in [0.2, 0.25) is 0 Å². The molecule has 0 radical (unpaired) electrons. The van der Waals surface area contributed by atoms with E-state index in [1.807, 2.05) is 13.8 Å². The molecule has 0 aromatic carbocycles. The summed E-state index contributed by atoms with van der Waals surface area (Å²) in [7, 11) is 1.62. The van der Waals surface area contributed by atoms with Crippen LogP contribution in [0.3, 0.4) is 0 Å². The number of nitrogens with zero attached hydrogens (tertiary/aromatic N) is 3. The van der Waals surface area contributed by atoms with Crippen LogP contribution < -0.4 is 5.32 Å². The highest BCUT2D eigenvalue weighted by Gasteiger charge is 2.42. The first-order valence-corrected chi connectivity index (χ1v) is 10.1. The van der Waals surface area contributed by atoms with Crippen LogP contribution in [0.5, 0.6) is 0 Å². The highest BCUT2D eigenvalue weighted by atomic mass is 16.3. The van der Waals surface area contributed by atoms with Gasteiger partial charge in [-0.2, -0.15) is 5.10 Å². The van der Waals surface area contributed by atoms with Crippen molar-refractivity contribution in [1.82, 2.24) is 20.1 Å². The second-order valence-electron chi connectivity index (χ2n) is 8.89. The minimum Gasteiger partial charge on any atom is -0.392 e. The quantitative estimate of drug-likeness (QED) is 0.520. The summed E-state index contributed by atoms with van der Waals surface area (Å²) in [5.41, 5.74) is 0.323. The zero-order chi connectivity index (χ0) is 22.4. The lowest BCUT2D eigenvalue weighted by Crippen LogP contribution is -2.37. The lowest BCUT2D eigenvalue weighted by atomic mass is 9.74. The molecular weight excluding hydrogens is 398 g/mol. The minimum atomic E-state index is -1.69. The van der Waals surface area contributed by atoms with Gasteiger partial charge in [0, 0.05) is 49.5 Å². The number of aliphatic hydroxyl groups excluding tert-OH is 1. The molecule has 9 nitrogen and oxygen atoms in total. The molecule has 3 heterocycles. The van der Waals surface area contributed by atoms with Crippen LogP contribution in [0.4, 0.5) is 5.82 Å². The first-order chi connectivity index (χ1) is 14.6. The number of pyridine rings is 1. The van der Waals surface area contributed by atoms with E-state index in [-0.39, 0.29) is 23.3 Å². The molecule has 0 unspecified atom stereocenters. The maximum Gasteiger partial charge on any atom is 0.277 e. The maximum atomic E-state index is 12.8. The molecule has 1 aliphatic carbocycles. The van der Waals surface area contributed by atoms with Gasteiger partial charge in [-0.05, 0) is 24.0 Å². The fourth-order valence-electron chi connectivity index (χ4n) is 3.90. The van der Waals surface area contributed by atoms with E-state index >= 15 is 0 Å². The van der Waals surface area contributed by atoms with Crippen molar-refractivity contribution < 1.29 is 19.8 Å². The Morgan fingerprint density at radius 1 is 1.42 bits per heavy atom. The van der Waals surface area contributed by atoms with E-state index in [1.54, 1.807) is 19.2 Å². The number of rotatable bonds is 2. The van der Waals surface area contributed by atoms with Gasteiger partial charge in [-0.3, -0.25) is 14.7 Å². The summed E-state index contributed by atoms with van der Waals surface area (Å²) < 4.78 is 0. The summed E-state index contributed by atoms with van der Waals surface area (Å²) in [6, 6.07) is 3.19. The van der Waals surface area contributed by atoms with Crippen LogP contribution in [0.25, 0.3) is 0 Å². The van der Waals surface area contributed by atoms with E-state index < -0.39 is 23.5 Å². The molecule has 4 rings (SSSR count). The predicted molar refractivity (Wildman–Crippen MR) is 112 cm³/mol. The Kier molecular flexibility index (Phi) is 5.07. The van der Waals surface area contributed by atoms with Crippen LogP contribution in [0.1, 0.15) is 47.6 Å². The van der Waals surface area contributed by atoms with E-state index in [0.29, 0.717) is 30.5 Å². The summed E-state index contributed by atoms with van der Waals surface area (Å²) in [6.45, 7) is 4.40. The Bertz CT molecular complexity index is 1110. The second-order valence-corrected chi connectivity index (χ2v) is 8.89. The van der Waals surface area contributed by atoms with Crippen LogP contribution in [-0.2, 0) is 17.6 Å². The predicted octanol–water partition coefficient (Wildman–Crippen LogP) is 0.487. The van der Waals surface area contributed by atoms with Gasteiger partial charge in [-0.15, -0.1) is 0 Å². The molecule has 0 spiro atoms. The van der Waals surface area contributed by atoms with Crippen molar-refractivity contribution in [2.45, 2.75) is 44.8 Å². The summed E-state index contributed by atoms with van der Waals surface area (Å²) in [5.74, 6) is 4.86. The van der Waals surface area contributed by atoms with Gasteiger partial charge in [0.15, 0.2) is 5.69 Å². The molecule has 2 atom stereocenters. The molecule has 2 aromatic rings. The largest absolute Gasteiger partial charge is 0.392 e. The summed E-state index contributed by atoms with van der Waals surface area (Å²) in [5, 5.41) is 30.6. The molecular formula is C22H25N5O4. The number of hydrogen-bond acceptors (Lipinski definition) is 6. The van der Waals surface area contributed by atoms with Crippen molar-refractivity contribution in [3.05, 3.63) is 40.8 Å². The number of carbonyl (C=O) groups excluding carboxylic acids is 2. The van der Waals surface area contributed by atoms with Crippen molar-refractivity contribution >= 4 is 17.6 Å². The van der Waals surface area contributed by atoms with Gasteiger partial charge >= 0.3 is 0 Å². The summed E-state index contributed by atoms with van der Waals surface area (Å²) >= 11 is 0. The van der Waals surface area contributed by atoms with Gasteiger partial charge in [0.25, 0.3) is 11.8 Å². The number of likely N-dealkylation sites (tertiary alicyclic amines) is 1. The number of aliphatic hydroxyl groups is 2. The molecule has 31 heavy (non-hydrogen) atoms. The SMILES string of the molecule is CN1CC[C@@](O)(C#Cc2ccnc(NC(=O)c3n[nH]c4c3C[C@@H](O)C(C)(C)C4)c2)C1=O. The number of fused-ring (bicyclic) bond motifs is 1. The standard InChI is InChI=1S/C22H25N5O4/c1-21(2)12-15-14(11-16(21)28)18(26-25-15)19(29)24-17-10-13(5-8-23-17)4-6-22(31)7-9-27(3)20(22)30/h5,8,10,16,28,31H,7,9,11-12H2,1-3H3,(H,25,26)(H,23,24,29)/t16-,22+/m1/s1. The first kappa shape index (κ1) is 21.0. The Hall–Kier alpha value is -3.22. The van der Waals surface area contributed by atoms with E-state index in [1.165, 1.54) is 11.1 Å².